The van der Waals surface area contributed by atoms with Crippen LogP contribution in [0.2, 0.25) is 5.02 Å². The number of carbonyl (C=O) groups excluding carboxylic acids is 1. The fourth-order valence-electron chi connectivity index (χ4n) is 1.93. The predicted octanol–water partition coefficient (Wildman–Crippen LogP) is 2.06. The van der Waals surface area contributed by atoms with E-state index in [1.165, 1.54) is 7.11 Å². The van der Waals surface area contributed by atoms with Crippen LogP contribution < -0.4 is 0 Å². The Bertz CT molecular complexity index is 644. The molecule has 0 amide bonds. The van der Waals surface area contributed by atoms with Crippen molar-refractivity contribution in [2.45, 2.75) is 13.0 Å². The summed E-state index contributed by atoms with van der Waals surface area (Å²) in [6.45, 7) is 0.674. The molecule has 20 heavy (non-hydrogen) atoms. The van der Waals surface area contributed by atoms with Gasteiger partial charge in [0, 0.05) is 17.1 Å². The van der Waals surface area contributed by atoms with E-state index in [-0.39, 0.29) is 12.4 Å². The van der Waals surface area contributed by atoms with Crippen LogP contribution in [0.1, 0.15) is 11.3 Å². The van der Waals surface area contributed by atoms with Gasteiger partial charge in [-0.25, -0.2) is 4.98 Å². The van der Waals surface area contributed by atoms with Crippen molar-refractivity contribution in [3.05, 3.63) is 34.6 Å². The van der Waals surface area contributed by atoms with E-state index in [4.69, 9.17) is 16.3 Å². The number of hydrogen-bond acceptors (Lipinski definition) is 5. The second kappa shape index (κ2) is 6.15. The fourth-order valence-corrected chi connectivity index (χ4v) is 2.15. The number of hydrogen-bond donors (Lipinski definition) is 0. The molecule has 2 rings (SSSR count). The third-order valence-corrected chi connectivity index (χ3v) is 3.19. The average Bonchev–Trinajstić information content (AvgIpc) is 2.41. The summed E-state index contributed by atoms with van der Waals surface area (Å²) in [4.78, 5) is 22.4. The van der Waals surface area contributed by atoms with Crippen LogP contribution in [-0.2, 0) is 22.5 Å². The zero-order valence-corrected chi connectivity index (χ0v) is 12.4. The summed E-state index contributed by atoms with van der Waals surface area (Å²) in [6.07, 6.45) is 1.82. The number of ether oxygens (including phenoxy) is 1. The Morgan fingerprint density at radius 1 is 1.40 bits per heavy atom. The van der Waals surface area contributed by atoms with E-state index in [1.807, 2.05) is 19.0 Å². The normalized spacial score (nSPS) is 11.1. The van der Waals surface area contributed by atoms with Gasteiger partial charge in [0.2, 0.25) is 0 Å². The topological polar surface area (TPSA) is 55.3 Å². The number of benzene rings is 1. The lowest BCUT2D eigenvalue weighted by Crippen LogP contribution is -2.13. The van der Waals surface area contributed by atoms with Crippen molar-refractivity contribution in [1.82, 2.24) is 14.9 Å². The minimum atomic E-state index is -0.348. The molecule has 0 unspecified atom stereocenters. The Morgan fingerprint density at radius 2 is 2.15 bits per heavy atom. The van der Waals surface area contributed by atoms with E-state index >= 15 is 0 Å². The van der Waals surface area contributed by atoms with Crippen molar-refractivity contribution in [3.8, 4) is 0 Å². The van der Waals surface area contributed by atoms with Crippen molar-refractivity contribution in [2.24, 2.45) is 0 Å². The molecule has 0 atom stereocenters. The summed E-state index contributed by atoms with van der Waals surface area (Å²) in [5.74, 6) is -0.348. The van der Waals surface area contributed by atoms with Crippen LogP contribution >= 0.6 is 11.6 Å². The second-order valence-electron chi connectivity index (χ2n) is 4.75. The maximum absolute atomic E-state index is 11.5. The average molecular weight is 294 g/mol. The first-order valence-electron chi connectivity index (χ1n) is 6.16. The monoisotopic (exact) mass is 293 g/mol. The first-order chi connectivity index (χ1) is 9.51. The molecule has 0 N–H and O–H groups in total. The fraction of sp³-hybridized carbons (Fsp3) is 0.357. The summed E-state index contributed by atoms with van der Waals surface area (Å²) in [7, 11) is 5.27. The van der Waals surface area contributed by atoms with Gasteiger partial charge in [0.05, 0.1) is 36.5 Å². The van der Waals surface area contributed by atoms with Crippen LogP contribution in [-0.4, -0.2) is 42.0 Å². The SMILES string of the molecule is COC(=O)Cc1c(Cl)ccc2ncc(CN(C)C)nc12. The molecule has 0 bridgehead atoms. The highest BCUT2D eigenvalue weighted by Gasteiger charge is 2.14. The molecule has 1 heterocycles. The quantitative estimate of drug-likeness (QED) is 0.808. The van der Waals surface area contributed by atoms with Crippen LogP contribution in [0, 0.1) is 0 Å². The van der Waals surface area contributed by atoms with Crippen LogP contribution in [0.15, 0.2) is 18.3 Å². The zero-order valence-electron chi connectivity index (χ0n) is 11.7. The van der Waals surface area contributed by atoms with E-state index in [9.17, 15) is 4.79 Å². The zero-order chi connectivity index (χ0) is 14.7. The van der Waals surface area contributed by atoms with Crippen molar-refractivity contribution in [3.63, 3.8) is 0 Å². The van der Waals surface area contributed by atoms with Gasteiger partial charge < -0.3 is 9.64 Å². The molecule has 0 saturated heterocycles. The van der Waals surface area contributed by atoms with Crippen molar-refractivity contribution < 1.29 is 9.53 Å². The molecule has 0 spiro atoms. The molecule has 5 nitrogen and oxygen atoms in total. The minimum Gasteiger partial charge on any atom is -0.469 e. The number of methoxy groups -OCH3 is 1. The van der Waals surface area contributed by atoms with Gasteiger partial charge in [0.25, 0.3) is 0 Å². The highest BCUT2D eigenvalue weighted by Crippen LogP contribution is 2.24. The number of fused-ring (bicyclic) bond motifs is 1. The molecule has 0 aliphatic rings. The molecular formula is C14H16ClN3O2. The third kappa shape index (κ3) is 3.23. The smallest absolute Gasteiger partial charge is 0.310 e. The lowest BCUT2D eigenvalue weighted by molar-refractivity contribution is -0.139. The standard InChI is InChI=1S/C14H16ClN3O2/c1-18(2)8-9-7-16-12-5-4-11(15)10(14(12)17-9)6-13(19)20-3/h4-5,7H,6,8H2,1-3H3. The van der Waals surface area contributed by atoms with Gasteiger partial charge >= 0.3 is 5.97 Å². The van der Waals surface area contributed by atoms with Crippen molar-refractivity contribution in [1.29, 1.82) is 0 Å². The first-order valence-corrected chi connectivity index (χ1v) is 6.53. The van der Waals surface area contributed by atoms with Crippen LogP contribution in [0.4, 0.5) is 0 Å². The second-order valence-corrected chi connectivity index (χ2v) is 5.15. The number of rotatable bonds is 4. The van der Waals surface area contributed by atoms with Gasteiger partial charge in [-0.05, 0) is 26.2 Å². The Kier molecular flexibility index (Phi) is 4.52. The molecule has 1 aromatic carbocycles. The van der Waals surface area contributed by atoms with Crippen LogP contribution in [0.3, 0.4) is 0 Å². The molecule has 106 valence electrons. The van der Waals surface area contributed by atoms with E-state index in [2.05, 4.69) is 9.97 Å². The molecule has 0 aliphatic carbocycles. The summed E-state index contributed by atoms with van der Waals surface area (Å²) >= 11 is 6.18. The minimum absolute atomic E-state index is 0.0901. The Labute approximate surface area is 122 Å². The van der Waals surface area contributed by atoms with Crippen LogP contribution in [0.5, 0.6) is 0 Å². The molecule has 0 aliphatic heterocycles. The number of aromatic nitrogens is 2. The maximum atomic E-state index is 11.5. The van der Waals surface area contributed by atoms with Gasteiger partial charge in [-0.15, -0.1) is 0 Å². The third-order valence-electron chi connectivity index (χ3n) is 2.84. The lowest BCUT2D eigenvalue weighted by atomic mass is 10.1. The maximum Gasteiger partial charge on any atom is 0.310 e. The Balaban J connectivity index is 2.52. The summed E-state index contributed by atoms with van der Waals surface area (Å²) in [5, 5.41) is 0.499. The molecule has 0 radical (unpaired) electrons. The number of carbonyl (C=O) groups is 1. The van der Waals surface area contributed by atoms with Crippen molar-refractivity contribution >= 4 is 28.6 Å². The lowest BCUT2D eigenvalue weighted by Gasteiger charge is -2.11. The largest absolute Gasteiger partial charge is 0.469 e. The molecule has 6 heteroatoms. The van der Waals surface area contributed by atoms with E-state index in [1.54, 1.807) is 18.3 Å². The van der Waals surface area contributed by atoms with Gasteiger partial charge in [-0.1, -0.05) is 11.6 Å². The molecule has 0 saturated carbocycles. The number of halogens is 1. The highest BCUT2D eigenvalue weighted by atomic mass is 35.5. The molecule has 2 aromatic rings. The van der Waals surface area contributed by atoms with E-state index in [0.29, 0.717) is 22.6 Å². The molecular weight excluding hydrogens is 278 g/mol. The van der Waals surface area contributed by atoms with Gasteiger partial charge in [-0.2, -0.15) is 0 Å². The molecule has 0 fully saturated rings. The Hall–Kier alpha value is -1.72. The summed E-state index contributed by atoms with van der Waals surface area (Å²) < 4.78 is 4.70. The van der Waals surface area contributed by atoms with Crippen LogP contribution in [0.25, 0.3) is 11.0 Å². The van der Waals surface area contributed by atoms with Gasteiger partial charge in [0.15, 0.2) is 0 Å². The predicted molar refractivity (Wildman–Crippen MR) is 77.7 cm³/mol. The van der Waals surface area contributed by atoms with E-state index in [0.717, 1.165) is 11.2 Å². The summed E-state index contributed by atoms with van der Waals surface area (Å²) in [6, 6.07) is 3.52. The van der Waals surface area contributed by atoms with Gasteiger partial charge in [0.1, 0.15) is 0 Å². The Morgan fingerprint density at radius 3 is 2.80 bits per heavy atom. The number of esters is 1. The molecule has 1 aromatic heterocycles. The first kappa shape index (κ1) is 14.7. The van der Waals surface area contributed by atoms with Crippen molar-refractivity contribution in [2.75, 3.05) is 21.2 Å². The summed E-state index contributed by atoms with van der Waals surface area (Å²) in [5.41, 5.74) is 2.86. The number of nitrogens with zero attached hydrogens (tertiary/aromatic N) is 3. The van der Waals surface area contributed by atoms with Gasteiger partial charge in [-0.3, -0.25) is 9.78 Å². The highest BCUT2D eigenvalue weighted by molar-refractivity contribution is 6.32. The van der Waals surface area contributed by atoms with E-state index < -0.39 is 0 Å².